The van der Waals surface area contributed by atoms with Crippen molar-refractivity contribution in [2.75, 3.05) is 14.2 Å². The van der Waals surface area contributed by atoms with Crippen LogP contribution in [0.25, 0.3) is 0 Å². The van der Waals surface area contributed by atoms with E-state index >= 15 is 0 Å². The van der Waals surface area contributed by atoms with Crippen molar-refractivity contribution < 1.29 is 28.7 Å². The molecular formula is C27H25N7O6. The van der Waals surface area contributed by atoms with Crippen LogP contribution in [0.1, 0.15) is 47.3 Å². The Labute approximate surface area is 228 Å². The number of rotatable bonds is 8. The monoisotopic (exact) mass is 543 g/mol. The highest BCUT2D eigenvalue weighted by atomic mass is 16.5. The van der Waals surface area contributed by atoms with Gasteiger partial charge in [-0.05, 0) is 54.1 Å². The molecule has 4 N–H and O–H groups in total. The molecule has 0 bridgehead atoms. The average Bonchev–Trinajstić information content (AvgIpc) is 3.42. The summed E-state index contributed by atoms with van der Waals surface area (Å²) in [6, 6.07) is 21.5. The standard InChI is InChI=1S/C27H25N7O6/c1-39-20-12-8-18(9-13-20)24(35)29-31-26(37)22-23(34(33-28-22)16-17-6-4-3-5-7-17)27(38)32-30-25(36)19-10-14-21(40-2)15-11-19/h3-15H,16H2,1-2H3,(H,29,35)(H,30,36)(H,31,37)(H,32,38). The molecule has 3 aromatic carbocycles. The van der Waals surface area contributed by atoms with E-state index in [4.69, 9.17) is 9.47 Å². The summed E-state index contributed by atoms with van der Waals surface area (Å²) in [5, 5.41) is 7.81. The lowest BCUT2D eigenvalue weighted by Gasteiger charge is -2.11. The van der Waals surface area contributed by atoms with Crippen LogP contribution in [0.5, 0.6) is 11.5 Å². The lowest BCUT2D eigenvalue weighted by molar-refractivity contribution is 0.0825. The van der Waals surface area contributed by atoms with Crippen LogP contribution in [0.3, 0.4) is 0 Å². The minimum Gasteiger partial charge on any atom is -0.497 e. The third-order valence-electron chi connectivity index (χ3n) is 5.62. The number of methoxy groups -OCH3 is 2. The summed E-state index contributed by atoms with van der Waals surface area (Å²) in [4.78, 5) is 51.1. The number of hydrogen-bond donors (Lipinski definition) is 4. The van der Waals surface area contributed by atoms with Gasteiger partial charge in [0.2, 0.25) is 0 Å². The van der Waals surface area contributed by atoms with Crippen molar-refractivity contribution in [2.24, 2.45) is 0 Å². The van der Waals surface area contributed by atoms with Gasteiger partial charge in [0.05, 0.1) is 20.8 Å². The van der Waals surface area contributed by atoms with Crippen molar-refractivity contribution in [1.82, 2.24) is 36.7 Å². The van der Waals surface area contributed by atoms with Gasteiger partial charge >= 0.3 is 0 Å². The second kappa shape index (κ2) is 12.7. The first-order valence-corrected chi connectivity index (χ1v) is 11.9. The molecule has 40 heavy (non-hydrogen) atoms. The van der Waals surface area contributed by atoms with E-state index in [1.165, 1.54) is 43.2 Å². The lowest BCUT2D eigenvalue weighted by Crippen LogP contribution is -2.45. The van der Waals surface area contributed by atoms with Crippen LogP contribution in [0, 0.1) is 0 Å². The van der Waals surface area contributed by atoms with Crippen LogP contribution in [0.2, 0.25) is 0 Å². The Hall–Kier alpha value is -5.72. The van der Waals surface area contributed by atoms with Crippen molar-refractivity contribution in [2.45, 2.75) is 6.54 Å². The highest BCUT2D eigenvalue weighted by Crippen LogP contribution is 2.13. The van der Waals surface area contributed by atoms with Crippen molar-refractivity contribution in [3.05, 3.63) is 107 Å². The van der Waals surface area contributed by atoms with Crippen molar-refractivity contribution in [3.63, 3.8) is 0 Å². The number of aromatic nitrogens is 3. The molecule has 0 aliphatic heterocycles. The van der Waals surface area contributed by atoms with Crippen LogP contribution in [-0.4, -0.2) is 52.8 Å². The molecule has 204 valence electrons. The number of ether oxygens (including phenoxy) is 2. The quantitative estimate of drug-likeness (QED) is 0.243. The third kappa shape index (κ3) is 6.58. The molecule has 13 heteroatoms. The van der Waals surface area contributed by atoms with Gasteiger partial charge in [-0.2, -0.15) is 0 Å². The van der Waals surface area contributed by atoms with E-state index in [9.17, 15) is 19.2 Å². The zero-order valence-corrected chi connectivity index (χ0v) is 21.5. The molecule has 0 aliphatic rings. The average molecular weight is 544 g/mol. The Morgan fingerprint density at radius 3 is 1.62 bits per heavy atom. The van der Waals surface area contributed by atoms with Gasteiger partial charge in [0.25, 0.3) is 23.6 Å². The first-order chi connectivity index (χ1) is 19.4. The summed E-state index contributed by atoms with van der Waals surface area (Å²) in [6.45, 7) is 0.106. The first kappa shape index (κ1) is 27.3. The Balaban J connectivity index is 1.50. The summed E-state index contributed by atoms with van der Waals surface area (Å²) in [6.07, 6.45) is 0. The molecule has 0 saturated carbocycles. The van der Waals surface area contributed by atoms with E-state index < -0.39 is 23.6 Å². The topological polar surface area (TPSA) is 166 Å². The van der Waals surface area contributed by atoms with E-state index in [0.717, 1.165) is 5.56 Å². The number of nitrogens with one attached hydrogen (secondary N) is 4. The highest BCUT2D eigenvalue weighted by molar-refractivity contribution is 6.06. The lowest BCUT2D eigenvalue weighted by atomic mass is 10.2. The Kier molecular flexibility index (Phi) is 8.67. The van der Waals surface area contributed by atoms with E-state index in [1.54, 1.807) is 24.3 Å². The predicted molar refractivity (Wildman–Crippen MR) is 141 cm³/mol. The molecule has 0 unspecified atom stereocenters. The van der Waals surface area contributed by atoms with Gasteiger partial charge in [0.15, 0.2) is 11.4 Å². The van der Waals surface area contributed by atoms with Crippen molar-refractivity contribution >= 4 is 23.6 Å². The van der Waals surface area contributed by atoms with E-state index in [0.29, 0.717) is 11.5 Å². The van der Waals surface area contributed by atoms with Crippen LogP contribution < -0.4 is 31.2 Å². The minimum atomic E-state index is -0.896. The van der Waals surface area contributed by atoms with E-state index in [1.807, 2.05) is 30.3 Å². The second-order valence-corrected chi connectivity index (χ2v) is 8.20. The van der Waals surface area contributed by atoms with E-state index in [-0.39, 0.29) is 29.1 Å². The molecule has 0 aliphatic carbocycles. The van der Waals surface area contributed by atoms with Gasteiger partial charge in [0.1, 0.15) is 11.5 Å². The summed E-state index contributed by atoms with van der Waals surface area (Å²) in [5.41, 5.74) is 9.78. The maximum absolute atomic E-state index is 13.2. The second-order valence-electron chi connectivity index (χ2n) is 8.20. The van der Waals surface area contributed by atoms with Gasteiger partial charge in [-0.15, -0.1) is 5.10 Å². The number of carbonyl (C=O) groups excluding carboxylic acids is 4. The SMILES string of the molecule is COc1ccc(C(=O)NNC(=O)c2nnn(Cc3ccccc3)c2C(=O)NNC(=O)c2ccc(OC)cc2)cc1. The number of carbonyl (C=O) groups is 4. The van der Waals surface area contributed by atoms with Crippen LogP contribution in [0.15, 0.2) is 78.9 Å². The zero-order chi connectivity index (χ0) is 28.5. The van der Waals surface area contributed by atoms with Crippen LogP contribution in [-0.2, 0) is 6.54 Å². The highest BCUT2D eigenvalue weighted by Gasteiger charge is 2.26. The first-order valence-electron chi connectivity index (χ1n) is 11.9. The summed E-state index contributed by atoms with van der Waals surface area (Å²) in [5.74, 6) is -1.83. The molecule has 1 aromatic heterocycles. The van der Waals surface area contributed by atoms with Crippen molar-refractivity contribution in [1.29, 1.82) is 0 Å². The molecule has 0 saturated heterocycles. The van der Waals surface area contributed by atoms with Crippen LogP contribution >= 0.6 is 0 Å². The normalized spacial score (nSPS) is 10.2. The molecule has 0 fully saturated rings. The fourth-order valence-electron chi connectivity index (χ4n) is 3.53. The Bertz CT molecular complexity index is 1500. The predicted octanol–water partition coefficient (Wildman–Crippen LogP) is 1.49. The van der Waals surface area contributed by atoms with Gasteiger partial charge in [0, 0.05) is 11.1 Å². The Morgan fingerprint density at radius 2 is 1.12 bits per heavy atom. The smallest absolute Gasteiger partial charge is 0.292 e. The number of benzene rings is 3. The maximum Gasteiger partial charge on any atom is 0.292 e. The molecule has 13 nitrogen and oxygen atoms in total. The molecule has 0 atom stereocenters. The van der Waals surface area contributed by atoms with Gasteiger partial charge < -0.3 is 9.47 Å². The number of hydrogen-bond acceptors (Lipinski definition) is 8. The van der Waals surface area contributed by atoms with Gasteiger partial charge in [-0.3, -0.25) is 40.9 Å². The van der Waals surface area contributed by atoms with Gasteiger partial charge in [-0.1, -0.05) is 35.5 Å². The summed E-state index contributed by atoms with van der Waals surface area (Å²) >= 11 is 0. The molecule has 0 spiro atoms. The minimum absolute atomic E-state index is 0.106. The molecule has 0 radical (unpaired) electrons. The fourth-order valence-corrected chi connectivity index (χ4v) is 3.53. The van der Waals surface area contributed by atoms with Gasteiger partial charge in [-0.25, -0.2) is 4.68 Å². The van der Waals surface area contributed by atoms with Crippen LogP contribution in [0.4, 0.5) is 0 Å². The number of hydrazine groups is 2. The molecule has 1 heterocycles. The number of nitrogens with zero attached hydrogens (tertiary/aromatic N) is 3. The largest absolute Gasteiger partial charge is 0.497 e. The zero-order valence-electron chi connectivity index (χ0n) is 21.5. The molecule has 4 rings (SSSR count). The maximum atomic E-state index is 13.2. The molecule has 4 amide bonds. The Morgan fingerprint density at radius 1 is 0.650 bits per heavy atom. The molecule has 4 aromatic rings. The fraction of sp³-hybridized carbons (Fsp3) is 0.111. The van der Waals surface area contributed by atoms with Crippen molar-refractivity contribution in [3.8, 4) is 11.5 Å². The third-order valence-corrected chi connectivity index (χ3v) is 5.62. The van der Waals surface area contributed by atoms with E-state index in [2.05, 4.69) is 32.0 Å². The molecular weight excluding hydrogens is 518 g/mol. The summed E-state index contributed by atoms with van der Waals surface area (Å²) < 4.78 is 11.4. The summed E-state index contributed by atoms with van der Waals surface area (Å²) in [7, 11) is 3.00. The number of amides is 4.